The lowest BCUT2D eigenvalue weighted by Gasteiger charge is -2.30. The van der Waals surface area contributed by atoms with Crippen LogP contribution in [0.5, 0.6) is 0 Å². The second-order valence-corrected chi connectivity index (χ2v) is 13.7. The summed E-state index contributed by atoms with van der Waals surface area (Å²) >= 11 is 0. The fourth-order valence-corrected chi connectivity index (χ4v) is 7.77. The van der Waals surface area contributed by atoms with Crippen molar-refractivity contribution in [1.82, 2.24) is 0 Å². The second-order valence-electron chi connectivity index (χ2n) is 13.7. The van der Waals surface area contributed by atoms with Crippen LogP contribution in [-0.2, 0) is 0 Å². The highest BCUT2D eigenvalue weighted by Crippen LogP contribution is 2.45. The highest BCUT2D eigenvalue weighted by Gasteiger charge is 2.21. The largest absolute Gasteiger partial charge is 0.456 e. The molecule has 1 heterocycles. The Bertz CT molecular complexity index is 2920. The molecule has 0 amide bonds. The van der Waals surface area contributed by atoms with E-state index in [1.54, 1.807) is 0 Å². The average Bonchev–Trinajstić information content (AvgIpc) is 3.63. The first-order valence-corrected chi connectivity index (χ1v) is 18.4. The summed E-state index contributed by atoms with van der Waals surface area (Å²) < 4.78 is 6.35. The Morgan fingerprint density at radius 1 is 0.296 bits per heavy atom. The van der Waals surface area contributed by atoms with Crippen molar-refractivity contribution in [3.05, 3.63) is 212 Å². The van der Waals surface area contributed by atoms with E-state index in [-0.39, 0.29) is 0 Å². The molecule has 0 unspecified atom stereocenters. The lowest BCUT2D eigenvalue weighted by Crippen LogP contribution is -2.12. The number of benzene rings is 9. The van der Waals surface area contributed by atoms with Crippen molar-refractivity contribution in [2.45, 2.75) is 0 Å². The zero-order valence-electron chi connectivity index (χ0n) is 29.6. The van der Waals surface area contributed by atoms with Crippen molar-refractivity contribution in [3.8, 4) is 44.5 Å². The molecule has 0 atom stereocenters. The Kier molecular flexibility index (Phi) is 7.85. The minimum atomic E-state index is 0.885. The van der Waals surface area contributed by atoms with Gasteiger partial charge in [-0.05, 0) is 92.7 Å². The Labute approximate surface area is 314 Å². The topological polar surface area (TPSA) is 16.4 Å². The van der Waals surface area contributed by atoms with Gasteiger partial charge in [0.05, 0.1) is 11.4 Å². The van der Waals surface area contributed by atoms with E-state index >= 15 is 0 Å². The third-order valence-electron chi connectivity index (χ3n) is 10.5. The standard InChI is InChI=1S/C52H35NO/c1-2-13-40(14-3-1)45-16-6-9-19-49(45)53(50-20-10-7-17-46(50)43-30-33-48-47-18-8-11-21-51(47)54-52(48)35-43)44-31-28-38(29-32-44)37-22-24-39(25-23-37)42-27-26-36-12-4-5-15-41(36)34-42/h1-35H. The van der Waals surface area contributed by atoms with Crippen molar-refractivity contribution in [2.75, 3.05) is 4.90 Å². The molecular weight excluding hydrogens is 655 g/mol. The van der Waals surface area contributed by atoms with E-state index in [1.807, 2.05) is 12.1 Å². The smallest absolute Gasteiger partial charge is 0.136 e. The van der Waals surface area contributed by atoms with Gasteiger partial charge in [0, 0.05) is 27.6 Å². The van der Waals surface area contributed by atoms with Crippen LogP contribution in [0.15, 0.2) is 217 Å². The summed E-state index contributed by atoms with van der Waals surface area (Å²) in [5.74, 6) is 0. The quantitative estimate of drug-likeness (QED) is 0.166. The lowest BCUT2D eigenvalue weighted by molar-refractivity contribution is 0.669. The summed E-state index contributed by atoms with van der Waals surface area (Å²) in [4.78, 5) is 2.40. The molecule has 54 heavy (non-hydrogen) atoms. The highest BCUT2D eigenvalue weighted by molar-refractivity contribution is 6.06. The van der Waals surface area contributed by atoms with E-state index in [9.17, 15) is 0 Å². The maximum atomic E-state index is 6.35. The zero-order valence-corrected chi connectivity index (χ0v) is 29.6. The maximum Gasteiger partial charge on any atom is 0.136 e. The number of fused-ring (bicyclic) bond motifs is 4. The van der Waals surface area contributed by atoms with Gasteiger partial charge >= 0.3 is 0 Å². The molecule has 0 aliphatic carbocycles. The zero-order chi connectivity index (χ0) is 35.8. The van der Waals surface area contributed by atoms with E-state index in [1.165, 1.54) is 38.6 Å². The summed E-state index contributed by atoms with van der Waals surface area (Å²) in [6.07, 6.45) is 0. The SMILES string of the molecule is c1ccc(-c2ccccc2N(c2ccc(-c3ccc(-c4ccc5ccccc5c4)cc3)cc2)c2ccccc2-c2ccc3c(c2)oc2ccccc23)cc1. The minimum Gasteiger partial charge on any atom is -0.456 e. The number of para-hydroxylation sites is 3. The van der Waals surface area contributed by atoms with Crippen LogP contribution in [0.25, 0.3) is 77.2 Å². The monoisotopic (exact) mass is 689 g/mol. The van der Waals surface area contributed by atoms with Crippen LogP contribution in [0.3, 0.4) is 0 Å². The van der Waals surface area contributed by atoms with Crippen LogP contribution in [0.1, 0.15) is 0 Å². The molecular formula is C52H35NO. The molecule has 2 nitrogen and oxygen atoms in total. The van der Waals surface area contributed by atoms with Crippen LogP contribution >= 0.6 is 0 Å². The molecule has 1 aromatic heterocycles. The predicted octanol–water partition coefficient (Wildman–Crippen LogP) is 14.9. The van der Waals surface area contributed by atoms with Gasteiger partial charge in [0.1, 0.15) is 11.2 Å². The molecule has 10 rings (SSSR count). The van der Waals surface area contributed by atoms with Gasteiger partial charge in [0.2, 0.25) is 0 Å². The van der Waals surface area contributed by atoms with Gasteiger partial charge in [-0.3, -0.25) is 0 Å². The van der Waals surface area contributed by atoms with Gasteiger partial charge in [-0.1, -0.05) is 164 Å². The molecule has 0 saturated heterocycles. The Morgan fingerprint density at radius 2 is 0.815 bits per heavy atom. The number of nitrogens with zero attached hydrogens (tertiary/aromatic N) is 1. The van der Waals surface area contributed by atoms with Gasteiger partial charge in [-0.15, -0.1) is 0 Å². The molecule has 0 radical (unpaired) electrons. The Hall–Kier alpha value is -7.16. The van der Waals surface area contributed by atoms with Crippen molar-refractivity contribution in [3.63, 3.8) is 0 Å². The van der Waals surface area contributed by atoms with Gasteiger partial charge in [0.25, 0.3) is 0 Å². The summed E-state index contributed by atoms with van der Waals surface area (Å²) in [5, 5.41) is 4.77. The molecule has 10 aromatic rings. The third kappa shape index (κ3) is 5.71. The Balaban J connectivity index is 1.07. The summed E-state index contributed by atoms with van der Waals surface area (Å²) in [6, 6.07) is 75.9. The van der Waals surface area contributed by atoms with Gasteiger partial charge < -0.3 is 9.32 Å². The molecule has 0 bridgehead atoms. The predicted molar refractivity (Wildman–Crippen MR) is 228 cm³/mol. The van der Waals surface area contributed by atoms with Crippen LogP contribution in [-0.4, -0.2) is 0 Å². The third-order valence-corrected chi connectivity index (χ3v) is 10.5. The van der Waals surface area contributed by atoms with E-state index in [0.717, 1.165) is 55.7 Å². The van der Waals surface area contributed by atoms with Crippen LogP contribution in [0, 0.1) is 0 Å². The second kappa shape index (κ2) is 13.4. The lowest BCUT2D eigenvalue weighted by atomic mass is 9.97. The number of rotatable bonds is 7. The van der Waals surface area contributed by atoms with Crippen molar-refractivity contribution in [1.29, 1.82) is 0 Å². The minimum absolute atomic E-state index is 0.885. The molecule has 0 spiro atoms. The van der Waals surface area contributed by atoms with Gasteiger partial charge in [-0.25, -0.2) is 0 Å². The molecule has 0 aliphatic rings. The van der Waals surface area contributed by atoms with Crippen molar-refractivity contribution >= 4 is 49.8 Å². The number of anilines is 3. The molecule has 0 saturated carbocycles. The van der Waals surface area contributed by atoms with E-state index in [4.69, 9.17) is 4.42 Å². The first-order valence-electron chi connectivity index (χ1n) is 18.4. The first kappa shape index (κ1) is 31.6. The molecule has 254 valence electrons. The molecule has 0 aliphatic heterocycles. The molecule has 2 heteroatoms. The fraction of sp³-hybridized carbons (Fsp3) is 0. The first-order chi connectivity index (χ1) is 26.8. The molecule has 0 fully saturated rings. The van der Waals surface area contributed by atoms with E-state index in [0.29, 0.717) is 0 Å². The summed E-state index contributed by atoms with van der Waals surface area (Å²) in [6.45, 7) is 0. The van der Waals surface area contributed by atoms with Gasteiger partial charge in [-0.2, -0.15) is 0 Å². The van der Waals surface area contributed by atoms with Crippen LogP contribution in [0.4, 0.5) is 17.1 Å². The summed E-state index contributed by atoms with van der Waals surface area (Å²) in [5.41, 5.74) is 14.4. The number of furan rings is 1. The Morgan fingerprint density at radius 3 is 1.56 bits per heavy atom. The highest BCUT2D eigenvalue weighted by atomic mass is 16.3. The van der Waals surface area contributed by atoms with Crippen molar-refractivity contribution < 1.29 is 4.42 Å². The summed E-state index contributed by atoms with van der Waals surface area (Å²) in [7, 11) is 0. The van der Waals surface area contributed by atoms with Gasteiger partial charge in [0.15, 0.2) is 0 Å². The normalized spacial score (nSPS) is 11.3. The fourth-order valence-electron chi connectivity index (χ4n) is 7.77. The van der Waals surface area contributed by atoms with Crippen LogP contribution < -0.4 is 4.90 Å². The van der Waals surface area contributed by atoms with E-state index < -0.39 is 0 Å². The maximum absolute atomic E-state index is 6.35. The average molecular weight is 690 g/mol. The number of hydrogen-bond donors (Lipinski definition) is 0. The number of hydrogen-bond acceptors (Lipinski definition) is 2. The van der Waals surface area contributed by atoms with E-state index in [2.05, 4.69) is 205 Å². The molecule has 0 N–H and O–H groups in total. The van der Waals surface area contributed by atoms with Crippen molar-refractivity contribution in [2.24, 2.45) is 0 Å². The van der Waals surface area contributed by atoms with Crippen LogP contribution in [0.2, 0.25) is 0 Å². The molecule has 9 aromatic carbocycles.